The zero-order valence-corrected chi connectivity index (χ0v) is 13.4. The molecule has 4 nitrogen and oxygen atoms in total. The molecule has 4 rings (SSSR count). The highest BCUT2D eigenvalue weighted by Gasteiger charge is 2.50. The lowest BCUT2D eigenvalue weighted by Crippen LogP contribution is -2.57. The maximum atomic E-state index is 12.9. The van der Waals surface area contributed by atoms with E-state index in [0.717, 1.165) is 50.3 Å². The summed E-state index contributed by atoms with van der Waals surface area (Å²) in [4.78, 5) is 22.9. The fourth-order valence-corrected chi connectivity index (χ4v) is 4.80. The van der Waals surface area contributed by atoms with Gasteiger partial charge in [-0.25, -0.2) is 4.98 Å². The molecule has 0 atom stereocenters. The SMILES string of the molecule is O=C(CCC1CCCCC1)N1CCc2[nH]cnc2C12CCC2. The molecule has 0 aromatic carbocycles. The Hall–Kier alpha value is -1.32. The number of nitrogens with zero attached hydrogens (tertiary/aromatic N) is 2. The van der Waals surface area contributed by atoms with Gasteiger partial charge in [-0.15, -0.1) is 0 Å². The Morgan fingerprint density at radius 3 is 2.82 bits per heavy atom. The zero-order valence-electron chi connectivity index (χ0n) is 13.4. The lowest BCUT2D eigenvalue weighted by Gasteiger charge is -2.52. The molecule has 2 heterocycles. The number of nitrogens with one attached hydrogen (secondary N) is 1. The average molecular weight is 301 g/mol. The van der Waals surface area contributed by atoms with Crippen molar-refractivity contribution >= 4 is 5.91 Å². The number of aromatic amines is 1. The summed E-state index contributed by atoms with van der Waals surface area (Å²) in [6, 6.07) is 0. The number of imidazole rings is 1. The van der Waals surface area contributed by atoms with Gasteiger partial charge in [0, 0.05) is 25.1 Å². The molecular weight excluding hydrogens is 274 g/mol. The average Bonchev–Trinajstić information content (AvgIpc) is 2.99. The van der Waals surface area contributed by atoms with E-state index in [1.165, 1.54) is 44.2 Å². The maximum Gasteiger partial charge on any atom is 0.223 e. The Balaban J connectivity index is 1.44. The molecule has 2 fully saturated rings. The summed E-state index contributed by atoms with van der Waals surface area (Å²) >= 11 is 0. The monoisotopic (exact) mass is 301 g/mol. The number of carbonyl (C=O) groups is 1. The highest BCUT2D eigenvalue weighted by Crippen LogP contribution is 2.49. The number of carbonyl (C=O) groups excluding carboxylic acids is 1. The molecule has 120 valence electrons. The summed E-state index contributed by atoms with van der Waals surface area (Å²) in [6.07, 6.45) is 14.8. The van der Waals surface area contributed by atoms with Crippen molar-refractivity contribution in [2.45, 2.75) is 76.2 Å². The summed E-state index contributed by atoms with van der Waals surface area (Å²) in [5, 5.41) is 0. The van der Waals surface area contributed by atoms with E-state index in [4.69, 9.17) is 0 Å². The molecule has 0 bridgehead atoms. The Kier molecular flexibility index (Phi) is 3.71. The molecule has 22 heavy (non-hydrogen) atoms. The van der Waals surface area contributed by atoms with Gasteiger partial charge in [0.1, 0.15) is 0 Å². The highest BCUT2D eigenvalue weighted by molar-refractivity contribution is 5.78. The van der Waals surface area contributed by atoms with E-state index in [1.54, 1.807) is 6.33 Å². The van der Waals surface area contributed by atoms with Crippen molar-refractivity contribution in [3.8, 4) is 0 Å². The van der Waals surface area contributed by atoms with Crippen LogP contribution in [0, 0.1) is 5.92 Å². The van der Waals surface area contributed by atoms with E-state index in [0.29, 0.717) is 5.91 Å². The predicted molar refractivity (Wildman–Crippen MR) is 85.3 cm³/mol. The van der Waals surface area contributed by atoms with Gasteiger partial charge >= 0.3 is 0 Å². The minimum atomic E-state index is -0.0583. The number of H-pyrrole nitrogens is 1. The summed E-state index contributed by atoms with van der Waals surface area (Å²) in [7, 11) is 0. The van der Waals surface area contributed by atoms with Crippen LogP contribution in [0.1, 0.15) is 75.6 Å². The molecule has 0 saturated heterocycles. The van der Waals surface area contributed by atoms with Crippen LogP contribution < -0.4 is 0 Å². The van der Waals surface area contributed by atoms with Crippen molar-refractivity contribution in [2.75, 3.05) is 6.54 Å². The van der Waals surface area contributed by atoms with Crippen molar-refractivity contribution in [2.24, 2.45) is 5.92 Å². The summed E-state index contributed by atoms with van der Waals surface area (Å²) in [5.41, 5.74) is 2.36. The number of amides is 1. The first kappa shape index (κ1) is 14.3. The third-order valence-electron chi connectivity index (χ3n) is 6.23. The smallest absolute Gasteiger partial charge is 0.223 e. The fourth-order valence-electron chi connectivity index (χ4n) is 4.80. The van der Waals surface area contributed by atoms with Crippen molar-refractivity contribution in [3.05, 3.63) is 17.7 Å². The Bertz CT molecular complexity index is 540. The van der Waals surface area contributed by atoms with E-state index in [9.17, 15) is 4.79 Å². The van der Waals surface area contributed by atoms with E-state index in [-0.39, 0.29) is 5.54 Å². The van der Waals surface area contributed by atoms with Gasteiger partial charge in [-0.2, -0.15) is 0 Å². The third-order valence-corrected chi connectivity index (χ3v) is 6.23. The molecule has 0 radical (unpaired) electrons. The Morgan fingerprint density at radius 1 is 1.27 bits per heavy atom. The van der Waals surface area contributed by atoms with Crippen LogP contribution in [0.4, 0.5) is 0 Å². The molecule has 1 amide bonds. The second-order valence-corrected chi connectivity index (χ2v) is 7.45. The summed E-state index contributed by atoms with van der Waals surface area (Å²) in [6.45, 7) is 0.874. The van der Waals surface area contributed by atoms with Crippen molar-refractivity contribution in [1.82, 2.24) is 14.9 Å². The van der Waals surface area contributed by atoms with E-state index >= 15 is 0 Å². The largest absolute Gasteiger partial charge is 0.348 e. The number of aromatic nitrogens is 2. The first-order valence-electron chi connectivity index (χ1n) is 9.13. The molecule has 1 spiro atoms. The van der Waals surface area contributed by atoms with Crippen molar-refractivity contribution < 1.29 is 4.79 Å². The molecular formula is C18H27N3O. The third kappa shape index (κ3) is 2.27. The van der Waals surface area contributed by atoms with Gasteiger partial charge in [0.25, 0.3) is 0 Å². The van der Waals surface area contributed by atoms with Crippen molar-refractivity contribution in [1.29, 1.82) is 0 Å². The van der Waals surface area contributed by atoms with Gasteiger partial charge < -0.3 is 9.88 Å². The van der Waals surface area contributed by atoms with Gasteiger partial charge in [-0.1, -0.05) is 32.1 Å². The van der Waals surface area contributed by atoms with Crippen LogP contribution in [0.5, 0.6) is 0 Å². The first-order valence-corrected chi connectivity index (χ1v) is 9.13. The highest BCUT2D eigenvalue weighted by atomic mass is 16.2. The predicted octanol–water partition coefficient (Wildman–Crippen LogP) is 3.53. The zero-order chi connectivity index (χ0) is 15.0. The maximum absolute atomic E-state index is 12.9. The summed E-state index contributed by atoms with van der Waals surface area (Å²) < 4.78 is 0. The minimum Gasteiger partial charge on any atom is -0.348 e. The Morgan fingerprint density at radius 2 is 2.09 bits per heavy atom. The number of hydrogen-bond acceptors (Lipinski definition) is 2. The van der Waals surface area contributed by atoms with Crippen LogP contribution >= 0.6 is 0 Å². The van der Waals surface area contributed by atoms with Gasteiger partial charge in [0.05, 0.1) is 17.6 Å². The molecule has 1 aromatic heterocycles. The quantitative estimate of drug-likeness (QED) is 0.928. The standard InChI is InChI=1S/C18H27N3O/c22-16(8-7-14-5-2-1-3-6-14)21-12-9-15-17(20-13-19-15)18(21)10-4-11-18/h13-14H,1-12H2,(H,19,20). The number of fused-ring (bicyclic) bond motifs is 2. The number of hydrogen-bond donors (Lipinski definition) is 1. The molecule has 0 unspecified atom stereocenters. The van der Waals surface area contributed by atoms with E-state index < -0.39 is 0 Å². The molecule has 4 heteroatoms. The second kappa shape index (κ2) is 5.71. The van der Waals surface area contributed by atoms with Gasteiger partial charge in [-0.05, 0) is 31.6 Å². The van der Waals surface area contributed by atoms with Crippen molar-refractivity contribution in [3.63, 3.8) is 0 Å². The van der Waals surface area contributed by atoms with E-state index in [2.05, 4.69) is 14.9 Å². The van der Waals surface area contributed by atoms with Crippen LogP contribution in [0.3, 0.4) is 0 Å². The van der Waals surface area contributed by atoms with Crippen LogP contribution in [-0.4, -0.2) is 27.3 Å². The fraction of sp³-hybridized carbons (Fsp3) is 0.778. The topological polar surface area (TPSA) is 49.0 Å². The molecule has 2 aliphatic carbocycles. The van der Waals surface area contributed by atoms with Crippen LogP contribution in [-0.2, 0) is 16.8 Å². The van der Waals surface area contributed by atoms with Gasteiger partial charge in [0.2, 0.25) is 5.91 Å². The van der Waals surface area contributed by atoms with Gasteiger partial charge in [0.15, 0.2) is 0 Å². The lowest BCUT2D eigenvalue weighted by molar-refractivity contribution is -0.144. The molecule has 3 aliphatic rings. The summed E-state index contributed by atoms with van der Waals surface area (Å²) in [5.74, 6) is 1.17. The second-order valence-electron chi connectivity index (χ2n) is 7.45. The van der Waals surface area contributed by atoms with Crippen LogP contribution in [0.25, 0.3) is 0 Å². The van der Waals surface area contributed by atoms with Crippen LogP contribution in [0.2, 0.25) is 0 Å². The lowest BCUT2D eigenvalue weighted by atomic mass is 9.70. The number of rotatable bonds is 3. The van der Waals surface area contributed by atoms with E-state index in [1.807, 2.05) is 0 Å². The van der Waals surface area contributed by atoms with Gasteiger partial charge in [-0.3, -0.25) is 4.79 Å². The first-order chi connectivity index (χ1) is 10.8. The molecule has 2 saturated carbocycles. The van der Waals surface area contributed by atoms with Crippen LogP contribution in [0.15, 0.2) is 6.33 Å². The normalized spacial score (nSPS) is 24.1. The molecule has 1 aromatic rings. The minimum absolute atomic E-state index is 0.0583. The molecule has 1 aliphatic heterocycles. The molecule has 1 N–H and O–H groups in total. The Labute approximate surface area is 132 Å².